The molecule has 0 radical (unpaired) electrons. The summed E-state index contributed by atoms with van der Waals surface area (Å²) in [5, 5.41) is 15.0. The summed E-state index contributed by atoms with van der Waals surface area (Å²) in [5.41, 5.74) is 1.21. The first-order chi connectivity index (χ1) is 10.9. The number of aryl methyl sites for hydroxylation is 1. The van der Waals surface area contributed by atoms with Crippen molar-refractivity contribution < 1.29 is 13.9 Å². The maximum absolute atomic E-state index is 12.8. The van der Waals surface area contributed by atoms with Gasteiger partial charge in [0.2, 0.25) is 11.8 Å². The molecule has 0 aliphatic carbocycles. The third-order valence-electron chi connectivity index (χ3n) is 3.82. The fourth-order valence-electron chi connectivity index (χ4n) is 2.46. The number of carbonyl (C=O) groups excluding carboxylic acids is 1. The molecule has 1 aliphatic heterocycles. The second kappa shape index (κ2) is 5.77. The lowest BCUT2D eigenvalue weighted by Crippen LogP contribution is -2.43. The van der Waals surface area contributed by atoms with E-state index in [0.29, 0.717) is 37.2 Å². The number of hydrogen-bond acceptors (Lipinski definition) is 6. The molecule has 124 valence electrons. The number of H-pyrrole nitrogens is 1. The van der Waals surface area contributed by atoms with Crippen molar-refractivity contribution >= 4 is 5.91 Å². The highest BCUT2D eigenvalue weighted by atomic mass is 16.5. The first-order valence-electron chi connectivity index (χ1n) is 7.61. The SMILES string of the molecule is Cc1nnc([C@@H]2COCCN2C(=O)c2cc(C(C)(C)C)[nH]n2)o1. The van der Waals surface area contributed by atoms with E-state index >= 15 is 0 Å². The molecule has 8 nitrogen and oxygen atoms in total. The van der Waals surface area contributed by atoms with Gasteiger partial charge in [0.15, 0.2) is 0 Å². The third-order valence-corrected chi connectivity index (χ3v) is 3.82. The van der Waals surface area contributed by atoms with Gasteiger partial charge in [0.1, 0.15) is 11.7 Å². The largest absolute Gasteiger partial charge is 0.423 e. The van der Waals surface area contributed by atoms with Crippen molar-refractivity contribution in [3.05, 3.63) is 29.2 Å². The van der Waals surface area contributed by atoms with Gasteiger partial charge in [-0.05, 0) is 6.07 Å². The van der Waals surface area contributed by atoms with Crippen molar-refractivity contribution in [1.29, 1.82) is 0 Å². The molecule has 1 atom stereocenters. The van der Waals surface area contributed by atoms with E-state index in [2.05, 4.69) is 41.2 Å². The molecule has 1 saturated heterocycles. The average molecular weight is 319 g/mol. The number of hydrogen-bond donors (Lipinski definition) is 1. The minimum absolute atomic E-state index is 0.0977. The molecule has 2 aromatic heterocycles. The number of morpholine rings is 1. The standard InChI is InChI=1S/C15H21N5O3/c1-9-16-19-13(23-9)11-8-22-6-5-20(11)14(21)10-7-12(18-17-10)15(2,3)4/h7,11H,5-6,8H2,1-4H3,(H,17,18)/t11-/m0/s1. The number of carbonyl (C=O) groups is 1. The zero-order valence-electron chi connectivity index (χ0n) is 13.8. The second-order valence-corrected chi connectivity index (χ2v) is 6.67. The van der Waals surface area contributed by atoms with Crippen molar-refractivity contribution in [2.45, 2.75) is 39.2 Å². The summed E-state index contributed by atoms with van der Waals surface area (Å²) in [4.78, 5) is 14.5. The van der Waals surface area contributed by atoms with Crippen molar-refractivity contribution in [2.75, 3.05) is 19.8 Å². The molecule has 23 heavy (non-hydrogen) atoms. The topological polar surface area (TPSA) is 97.1 Å². The Kier molecular flexibility index (Phi) is 3.93. The Labute approximate surface area is 134 Å². The van der Waals surface area contributed by atoms with Gasteiger partial charge >= 0.3 is 0 Å². The Morgan fingerprint density at radius 2 is 2.17 bits per heavy atom. The van der Waals surface area contributed by atoms with E-state index in [-0.39, 0.29) is 17.4 Å². The predicted molar refractivity (Wildman–Crippen MR) is 80.9 cm³/mol. The lowest BCUT2D eigenvalue weighted by atomic mass is 9.92. The quantitative estimate of drug-likeness (QED) is 0.903. The second-order valence-electron chi connectivity index (χ2n) is 6.67. The fraction of sp³-hybridized carbons (Fsp3) is 0.600. The smallest absolute Gasteiger partial charge is 0.275 e. The number of aromatic amines is 1. The normalized spacial score (nSPS) is 19.1. The zero-order chi connectivity index (χ0) is 16.6. The number of nitrogens with one attached hydrogen (secondary N) is 1. The molecule has 1 aliphatic rings. The van der Waals surface area contributed by atoms with Gasteiger partial charge in [-0.3, -0.25) is 9.89 Å². The molecule has 1 N–H and O–H groups in total. The lowest BCUT2D eigenvalue weighted by Gasteiger charge is -2.32. The van der Waals surface area contributed by atoms with Crippen LogP contribution >= 0.6 is 0 Å². The van der Waals surface area contributed by atoms with E-state index in [9.17, 15) is 4.79 Å². The van der Waals surface area contributed by atoms with Crippen LogP contribution in [0.2, 0.25) is 0 Å². The highest BCUT2D eigenvalue weighted by Crippen LogP contribution is 2.26. The van der Waals surface area contributed by atoms with Crippen molar-refractivity contribution in [1.82, 2.24) is 25.3 Å². The number of aromatic nitrogens is 4. The van der Waals surface area contributed by atoms with Crippen LogP contribution in [0.3, 0.4) is 0 Å². The Bertz CT molecular complexity index is 700. The number of amides is 1. The molecule has 1 fully saturated rings. The Hall–Kier alpha value is -2.22. The summed E-state index contributed by atoms with van der Waals surface area (Å²) in [6.45, 7) is 9.18. The fourth-order valence-corrected chi connectivity index (χ4v) is 2.46. The van der Waals surface area contributed by atoms with Gasteiger partial charge in [0.25, 0.3) is 5.91 Å². The van der Waals surface area contributed by atoms with E-state index in [1.54, 1.807) is 17.9 Å². The molecule has 0 unspecified atom stereocenters. The maximum Gasteiger partial charge on any atom is 0.275 e. The number of ether oxygens (including phenoxy) is 1. The molecule has 3 rings (SSSR count). The zero-order valence-corrected chi connectivity index (χ0v) is 13.8. The highest BCUT2D eigenvalue weighted by molar-refractivity contribution is 5.92. The van der Waals surface area contributed by atoms with Crippen LogP contribution in [-0.4, -0.2) is 51.0 Å². The van der Waals surface area contributed by atoms with Gasteiger partial charge in [-0.25, -0.2) is 0 Å². The molecular weight excluding hydrogens is 298 g/mol. The number of nitrogens with zero attached hydrogens (tertiary/aromatic N) is 4. The van der Waals surface area contributed by atoms with Crippen LogP contribution < -0.4 is 0 Å². The molecule has 0 aromatic carbocycles. The Morgan fingerprint density at radius 1 is 1.39 bits per heavy atom. The molecule has 2 aromatic rings. The summed E-state index contributed by atoms with van der Waals surface area (Å²) < 4.78 is 10.9. The predicted octanol–water partition coefficient (Wildman–Crippen LogP) is 1.61. The molecule has 1 amide bonds. The first kappa shape index (κ1) is 15.7. The summed E-state index contributed by atoms with van der Waals surface area (Å²) in [6.07, 6.45) is 0. The average Bonchev–Trinajstić information content (AvgIpc) is 3.15. The minimum Gasteiger partial charge on any atom is -0.423 e. The number of rotatable bonds is 2. The molecular formula is C15H21N5O3. The molecule has 3 heterocycles. The van der Waals surface area contributed by atoms with Crippen LogP contribution in [0.1, 0.15) is 54.8 Å². The van der Waals surface area contributed by atoms with Crippen LogP contribution in [0.5, 0.6) is 0 Å². The van der Waals surface area contributed by atoms with E-state index in [1.165, 1.54) is 0 Å². The van der Waals surface area contributed by atoms with E-state index in [0.717, 1.165) is 5.69 Å². The first-order valence-corrected chi connectivity index (χ1v) is 7.61. The monoisotopic (exact) mass is 319 g/mol. The lowest BCUT2D eigenvalue weighted by molar-refractivity contribution is -0.0109. The molecule has 0 saturated carbocycles. The molecule has 8 heteroatoms. The molecule has 0 bridgehead atoms. The van der Waals surface area contributed by atoms with Gasteiger partial charge in [-0.2, -0.15) is 5.10 Å². The summed E-state index contributed by atoms with van der Waals surface area (Å²) in [5.74, 6) is 0.691. The highest BCUT2D eigenvalue weighted by Gasteiger charge is 2.34. The summed E-state index contributed by atoms with van der Waals surface area (Å²) >= 11 is 0. The van der Waals surface area contributed by atoms with Crippen LogP contribution in [0.4, 0.5) is 0 Å². The van der Waals surface area contributed by atoms with Gasteiger partial charge < -0.3 is 14.1 Å². The van der Waals surface area contributed by atoms with E-state index in [1.807, 2.05) is 0 Å². The van der Waals surface area contributed by atoms with E-state index in [4.69, 9.17) is 9.15 Å². The summed E-state index contributed by atoms with van der Waals surface area (Å²) in [6, 6.07) is 1.42. The van der Waals surface area contributed by atoms with Crippen LogP contribution in [0.25, 0.3) is 0 Å². The van der Waals surface area contributed by atoms with Gasteiger partial charge in [0.05, 0.1) is 13.2 Å². The van der Waals surface area contributed by atoms with Crippen molar-refractivity contribution in [3.8, 4) is 0 Å². The van der Waals surface area contributed by atoms with Crippen molar-refractivity contribution in [2.24, 2.45) is 0 Å². The van der Waals surface area contributed by atoms with Gasteiger partial charge in [0, 0.05) is 24.6 Å². The van der Waals surface area contributed by atoms with Gasteiger partial charge in [-0.1, -0.05) is 20.8 Å². The summed E-state index contributed by atoms with van der Waals surface area (Å²) in [7, 11) is 0. The van der Waals surface area contributed by atoms with Crippen LogP contribution in [-0.2, 0) is 10.2 Å². The van der Waals surface area contributed by atoms with Crippen molar-refractivity contribution in [3.63, 3.8) is 0 Å². The maximum atomic E-state index is 12.8. The van der Waals surface area contributed by atoms with Crippen LogP contribution in [0, 0.1) is 6.92 Å². The minimum atomic E-state index is -0.382. The van der Waals surface area contributed by atoms with Gasteiger partial charge in [-0.15, -0.1) is 10.2 Å². The van der Waals surface area contributed by atoms with Crippen LogP contribution in [0.15, 0.2) is 10.5 Å². The third kappa shape index (κ3) is 3.12. The Morgan fingerprint density at radius 3 is 2.78 bits per heavy atom. The molecule has 0 spiro atoms. The Balaban J connectivity index is 1.85. The van der Waals surface area contributed by atoms with E-state index < -0.39 is 0 Å².